The van der Waals surface area contributed by atoms with E-state index in [9.17, 15) is 48.3 Å². The summed E-state index contributed by atoms with van der Waals surface area (Å²) < 4.78 is 145. The third-order valence-corrected chi connectivity index (χ3v) is 4.26. The molecule has 0 aliphatic heterocycles. The van der Waals surface area contributed by atoms with Gasteiger partial charge in [-0.2, -0.15) is 26.3 Å². The summed E-state index contributed by atoms with van der Waals surface area (Å²) in [5.41, 5.74) is -5.96. The molecule has 1 saturated carbocycles. The fourth-order valence-corrected chi connectivity index (χ4v) is 3.04. The van der Waals surface area contributed by atoms with Gasteiger partial charge in [0.05, 0.1) is 5.92 Å². The molecule has 1 aliphatic rings. The zero-order chi connectivity index (χ0) is 19.5. The Morgan fingerprint density at radius 3 is 1.58 bits per heavy atom. The predicted molar refractivity (Wildman–Crippen MR) is 58.3 cm³/mol. The van der Waals surface area contributed by atoms with E-state index in [0.29, 0.717) is 6.92 Å². The first-order valence-corrected chi connectivity index (χ1v) is 6.55. The van der Waals surface area contributed by atoms with Gasteiger partial charge < -0.3 is 5.11 Å². The summed E-state index contributed by atoms with van der Waals surface area (Å²) in [4.78, 5) is 0. The van der Waals surface area contributed by atoms with Gasteiger partial charge in [0.2, 0.25) is 0 Å². The van der Waals surface area contributed by atoms with Crippen LogP contribution in [0.25, 0.3) is 0 Å². The zero-order valence-electron chi connectivity index (χ0n) is 12.1. The fraction of sp³-hybridized carbons (Fsp3) is 1.00. The number of halogens is 11. The van der Waals surface area contributed by atoms with Crippen LogP contribution in [0, 0.1) is 17.8 Å². The molecule has 0 spiro atoms. The highest BCUT2D eigenvalue weighted by molar-refractivity contribution is 5.11. The fourth-order valence-electron chi connectivity index (χ4n) is 3.04. The molecule has 0 bridgehead atoms. The Hall–Kier alpha value is -0.810. The van der Waals surface area contributed by atoms with Crippen molar-refractivity contribution in [2.75, 3.05) is 0 Å². The zero-order valence-corrected chi connectivity index (χ0v) is 12.1. The van der Waals surface area contributed by atoms with Gasteiger partial charge in [-0.15, -0.1) is 0 Å². The van der Waals surface area contributed by atoms with Crippen molar-refractivity contribution >= 4 is 0 Å². The Bertz CT molecular complexity index is 447. The summed E-state index contributed by atoms with van der Waals surface area (Å²) in [7, 11) is 0. The van der Waals surface area contributed by atoms with Crippen LogP contribution in [0.4, 0.5) is 48.3 Å². The van der Waals surface area contributed by atoms with Crippen LogP contribution in [0.5, 0.6) is 0 Å². The lowest BCUT2D eigenvalue weighted by atomic mass is 9.63. The van der Waals surface area contributed by atoms with Crippen LogP contribution in [0.2, 0.25) is 0 Å². The molecule has 0 radical (unpaired) electrons. The SMILES string of the molecule is CC1CC(C(O)(C(F)(F)F)C(F)(F)F)C(F)(F)C(C(C)(F)F)C1F. The van der Waals surface area contributed by atoms with Crippen LogP contribution >= 0.6 is 0 Å². The molecule has 1 nitrogen and oxygen atoms in total. The number of aliphatic hydroxyl groups is 1. The highest BCUT2D eigenvalue weighted by Crippen LogP contribution is 2.60. The lowest BCUT2D eigenvalue weighted by molar-refractivity contribution is -0.415. The second kappa shape index (κ2) is 5.60. The molecule has 24 heavy (non-hydrogen) atoms. The molecule has 1 rings (SSSR count). The maximum Gasteiger partial charge on any atom is 0.426 e. The van der Waals surface area contributed by atoms with E-state index >= 15 is 0 Å². The van der Waals surface area contributed by atoms with Crippen LogP contribution in [0.15, 0.2) is 0 Å². The molecule has 4 atom stereocenters. The Morgan fingerprint density at radius 2 is 1.29 bits per heavy atom. The summed E-state index contributed by atoms with van der Waals surface area (Å²) in [6.07, 6.45) is -18.1. The topological polar surface area (TPSA) is 20.2 Å². The molecule has 1 fully saturated rings. The van der Waals surface area contributed by atoms with Gasteiger partial charge in [-0.3, -0.25) is 0 Å². The van der Waals surface area contributed by atoms with Crippen molar-refractivity contribution in [3.05, 3.63) is 0 Å². The summed E-state index contributed by atoms with van der Waals surface area (Å²) in [5.74, 6) is -19.8. The second-order valence-corrected chi connectivity index (χ2v) is 6.08. The maximum absolute atomic E-state index is 14.1. The van der Waals surface area contributed by atoms with Gasteiger partial charge in [0, 0.05) is 0 Å². The third-order valence-electron chi connectivity index (χ3n) is 4.26. The third kappa shape index (κ3) is 3.05. The lowest BCUT2D eigenvalue weighted by Gasteiger charge is -2.50. The van der Waals surface area contributed by atoms with E-state index in [-0.39, 0.29) is 6.92 Å². The minimum Gasteiger partial charge on any atom is -0.373 e. The Kier molecular flexibility index (Phi) is 4.95. The smallest absolute Gasteiger partial charge is 0.373 e. The number of hydrogen-bond donors (Lipinski definition) is 1. The summed E-state index contributed by atoms with van der Waals surface area (Å²) in [6, 6.07) is 0. The largest absolute Gasteiger partial charge is 0.426 e. The molecule has 0 heterocycles. The Balaban J connectivity index is 3.61. The van der Waals surface area contributed by atoms with E-state index in [4.69, 9.17) is 5.11 Å². The molecule has 1 aliphatic carbocycles. The van der Waals surface area contributed by atoms with Crippen molar-refractivity contribution in [3.63, 3.8) is 0 Å². The Labute approximate surface area is 128 Å². The average molecular weight is 382 g/mol. The van der Waals surface area contributed by atoms with E-state index in [1.54, 1.807) is 0 Å². The average Bonchev–Trinajstić information content (AvgIpc) is 2.27. The molecule has 0 aromatic rings. The van der Waals surface area contributed by atoms with Crippen molar-refractivity contribution in [1.82, 2.24) is 0 Å². The van der Waals surface area contributed by atoms with Gasteiger partial charge in [-0.1, -0.05) is 6.92 Å². The summed E-state index contributed by atoms with van der Waals surface area (Å²) in [5, 5.41) is 9.13. The molecule has 0 aromatic carbocycles. The summed E-state index contributed by atoms with van der Waals surface area (Å²) >= 11 is 0. The number of hydrogen-bond acceptors (Lipinski definition) is 1. The van der Waals surface area contributed by atoms with Gasteiger partial charge in [-0.05, 0) is 19.3 Å². The lowest BCUT2D eigenvalue weighted by Crippen LogP contribution is -2.70. The molecule has 0 saturated heterocycles. The predicted octanol–water partition coefficient (Wildman–Crippen LogP) is 4.74. The van der Waals surface area contributed by atoms with Gasteiger partial charge in [0.15, 0.2) is 0 Å². The first-order chi connectivity index (χ1) is 10.3. The van der Waals surface area contributed by atoms with Crippen LogP contribution in [-0.2, 0) is 0 Å². The maximum atomic E-state index is 14.1. The van der Waals surface area contributed by atoms with Crippen LogP contribution in [0.3, 0.4) is 0 Å². The van der Waals surface area contributed by atoms with Gasteiger partial charge in [0.1, 0.15) is 12.1 Å². The van der Waals surface area contributed by atoms with Gasteiger partial charge in [-0.25, -0.2) is 22.0 Å². The van der Waals surface area contributed by atoms with Gasteiger partial charge >= 0.3 is 12.4 Å². The summed E-state index contributed by atoms with van der Waals surface area (Å²) in [6.45, 7) is 0.395. The molecule has 12 heteroatoms. The minimum absolute atomic E-state index is 0.229. The number of alkyl halides is 11. The van der Waals surface area contributed by atoms with E-state index in [2.05, 4.69) is 0 Å². The molecule has 1 N–H and O–H groups in total. The van der Waals surface area contributed by atoms with Crippen LogP contribution in [0.1, 0.15) is 20.3 Å². The van der Waals surface area contributed by atoms with Crippen molar-refractivity contribution in [2.24, 2.45) is 17.8 Å². The van der Waals surface area contributed by atoms with Gasteiger partial charge in [0.25, 0.3) is 17.4 Å². The quantitative estimate of drug-likeness (QED) is 0.684. The monoisotopic (exact) mass is 382 g/mol. The first kappa shape index (κ1) is 21.2. The van der Waals surface area contributed by atoms with E-state index in [0.717, 1.165) is 0 Å². The van der Waals surface area contributed by atoms with E-state index < -0.39 is 60.1 Å². The Morgan fingerprint density at radius 1 is 0.917 bits per heavy atom. The van der Waals surface area contributed by atoms with Crippen molar-refractivity contribution < 1.29 is 53.4 Å². The molecule has 144 valence electrons. The van der Waals surface area contributed by atoms with Crippen LogP contribution in [-0.4, -0.2) is 41.1 Å². The molecule has 0 aromatic heterocycles. The normalized spacial score (nSPS) is 32.8. The molecular weight excluding hydrogens is 369 g/mol. The van der Waals surface area contributed by atoms with E-state index in [1.807, 2.05) is 0 Å². The molecular formula is C12H13F11O. The van der Waals surface area contributed by atoms with Crippen molar-refractivity contribution in [3.8, 4) is 0 Å². The minimum atomic E-state index is -6.63. The molecule has 0 amide bonds. The second-order valence-electron chi connectivity index (χ2n) is 6.08. The highest BCUT2D eigenvalue weighted by atomic mass is 19.4. The first-order valence-electron chi connectivity index (χ1n) is 6.55. The highest BCUT2D eigenvalue weighted by Gasteiger charge is 2.81. The molecule has 4 unspecified atom stereocenters. The number of rotatable bonds is 2. The standard InChI is InChI=1S/C12H13F11O/c1-4-3-5(10(24,11(18,19)20)12(21,22)23)9(16,17)7(6(4)13)8(2,14)15/h4-7,24H,3H2,1-2H3. The van der Waals surface area contributed by atoms with Crippen LogP contribution < -0.4 is 0 Å². The van der Waals surface area contributed by atoms with Crippen molar-refractivity contribution in [2.45, 2.75) is 56.2 Å². The van der Waals surface area contributed by atoms with Crippen molar-refractivity contribution in [1.29, 1.82) is 0 Å². The van der Waals surface area contributed by atoms with E-state index in [1.165, 1.54) is 0 Å².